The van der Waals surface area contributed by atoms with Crippen molar-refractivity contribution in [2.45, 2.75) is 18.9 Å². The van der Waals surface area contributed by atoms with Gasteiger partial charge in [0.2, 0.25) is 0 Å². The molecule has 10 heavy (non-hydrogen) atoms. The van der Waals surface area contributed by atoms with Gasteiger partial charge in [-0.1, -0.05) is 0 Å². The van der Waals surface area contributed by atoms with Gasteiger partial charge < -0.3 is 10.5 Å². The van der Waals surface area contributed by atoms with Gasteiger partial charge >= 0.3 is 0 Å². The molecule has 0 radical (unpaired) electrons. The summed E-state index contributed by atoms with van der Waals surface area (Å²) < 4.78 is 4.36. The first kappa shape index (κ1) is 8.92. The maximum atomic E-state index is 9.63. The molecule has 1 atom stereocenters. The summed E-state index contributed by atoms with van der Waals surface area (Å²) in [4.78, 5) is 9.63. The number of nitriles is 1. The minimum Gasteiger partial charge on any atom is -0.468 e. The Balaban J connectivity index is 3.49. The summed E-state index contributed by atoms with van der Waals surface area (Å²) in [5, 5.41) is 8.37. The largest absolute Gasteiger partial charge is 0.468 e. The summed E-state index contributed by atoms with van der Waals surface area (Å²) in [7, 11) is 0. The van der Waals surface area contributed by atoms with Crippen molar-refractivity contribution in [3.63, 3.8) is 0 Å². The predicted molar refractivity (Wildman–Crippen MR) is 34.8 cm³/mol. The highest BCUT2D eigenvalue weighted by Gasteiger charge is 2.16. The zero-order valence-electron chi connectivity index (χ0n) is 5.83. The van der Waals surface area contributed by atoms with E-state index >= 15 is 0 Å². The molecule has 0 fully saturated rings. The highest BCUT2D eigenvalue weighted by Crippen LogP contribution is 2.02. The van der Waals surface area contributed by atoms with Crippen LogP contribution in [0.15, 0.2) is 0 Å². The van der Waals surface area contributed by atoms with E-state index in [-0.39, 0.29) is 6.61 Å². The molecule has 0 aliphatic carbocycles. The van der Waals surface area contributed by atoms with Gasteiger partial charge in [-0.15, -0.1) is 0 Å². The summed E-state index contributed by atoms with van der Waals surface area (Å²) >= 11 is 0. The summed E-state index contributed by atoms with van der Waals surface area (Å²) in [5.41, 5.74) is 4.51. The summed E-state index contributed by atoms with van der Waals surface area (Å²) in [6.45, 7) is 2.12. The monoisotopic (exact) mass is 142 g/mol. The number of carbonyl (C=O) groups is 1. The Bertz CT molecular complexity index is 148. The zero-order chi connectivity index (χ0) is 8.04. The third kappa shape index (κ3) is 3.87. The van der Waals surface area contributed by atoms with E-state index in [1.165, 1.54) is 0 Å². The first-order valence-electron chi connectivity index (χ1n) is 2.88. The molecule has 4 heteroatoms. The van der Waals surface area contributed by atoms with Crippen molar-refractivity contribution in [2.24, 2.45) is 5.73 Å². The van der Waals surface area contributed by atoms with Crippen LogP contribution in [0.3, 0.4) is 0 Å². The lowest BCUT2D eigenvalue weighted by Crippen LogP contribution is -2.35. The fourth-order valence-corrected chi connectivity index (χ4v) is 0.375. The molecule has 56 valence electrons. The maximum Gasteiger partial charge on any atom is 0.293 e. The molecule has 0 saturated carbocycles. The summed E-state index contributed by atoms with van der Waals surface area (Å²) in [5.74, 6) is 0. The van der Waals surface area contributed by atoms with E-state index < -0.39 is 5.54 Å². The van der Waals surface area contributed by atoms with Gasteiger partial charge in [-0.05, 0) is 6.92 Å². The Morgan fingerprint density at radius 1 is 1.90 bits per heavy atom. The number of nitrogens with zero attached hydrogens (tertiary/aromatic N) is 1. The third-order valence-corrected chi connectivity index (χ3v) is 1.06. The van der Waals surface area contributed by atoms with Crippen LogP contribution in [0.25, 0.3) is 0 Å². The summed E-state index contributed by atoms with van der Waals surface area (Å²) in [6.07, 6.45) is 0.363. The van der Waals surface area contributed by atoms with Gasteiger partial charge in [0.1, 0.15) is 5.54 Å². The minimum atomic E-state index is -0.886. The predicted octanol–water partition coefficient (Wildman–Crippen LogP) is -0.210. The van der Waals surface area contributed by atoms with Crippen LogP contribution in [0.4, 0.5) is 0 Å². The average molecular weight is 142 g/mol. The SMILES string of the molecule is CC(N)(C#N)CCOC=O. The van der Waals surface area contributed by atoms with Gasteiger partial charge in [0.05, 0.1) is 12.7 Å². The molecule has 2 N–H and O–H groups in total. The number of carbonyl (C=O) groups excluding carboxylic acids is 1. The zero-order valence-corrected chi connectivity index (χ0v) is 5.83. The topological polar surface area (TPSA) is 76.1 Å². The second-order valence-corrected chi connectivity index (χ2v) is 2.25. The van der Waals surface area contributed by atoms with Crippen molar-refractivity contribution >= 4 is 6.47 Å². The van der Waals surface area contributed by atoms with Crippen LogP contribution in [0.1, 0.15) is 13.3 Å². The van der Waals surface area contributed by atoms with Crippen molar-refractivity contribution in [3.8, 4) is 6.07 Å². The molecule has 0 aromatic carbocycles. The van der Waals surface area contributed by atoms with E-state index in [1.54, 1.807) is 6.92 Å². The molecule has 4 nitrogen and oxygen atoms in total. The van der Waals surface area contributed by atoms with Crippen molar-refractivity contribution in [1.29, 1.82) is 5.26 Å². The molecule has 0 amide bonds. The minimum absolute atomic E-state index is 0.198. The molecule has 0 bridgehead atoms. The van der Waals surface area contributed by atoms with Crippen molar-refractivity contribution in [3.05, 3.63) is 0 Å². The molecule has 0 saturated heterocycles. The Hall–Kier alpha value is -1.08. The van der Waals surface area contributed by atoms with E-state index in [1.807, 2.05) is 6.07 Å². The number of ether oxygens (including phenoxy) is 1. The van der Waals surface area contributed by atoms with Crippen molar-refractivity contribution < 1.29 is 9.53 Å². The fraction of sp³-hybridized carbons (Fsp3) is 0.667. The van der Waals surface area contributed by atoms with E-state index in [0.29, 0.717) is 12.9 Å². The van der Waals surface area contributed by atoms with E-state index in [2.05, 4.69) is 4.74 Å². The number of hydrogen-bond acceptors (Lipinski definition) is 4. The first-order valence-corrected chi connectivity index (χ1v) is 2.88. The number of hydrogen-bond donors (Lipinski definition) is 1. The lowest BCUT2D eigenvalue weighted by atomic mass is 10.0. The molecule has 0 heterocycles. The van der Waals surface area contributed by atoms with Crippen LogP contribution in [-0.2, 0) is 9.53 Å². The van der Waals surface area contributed by atoms with Crippen molar-refractivity contribution in [2.75, 3.05) is 6.61 Å². The number of rotatable bonds is 4. The Kier molecular flexibility index (Phi) is 3.44. The third-order valence-electron chi connectivity index (χ3n) is 1.06. The van der Waals surface area contributed by atoms with Gasteiger partial charge in [0.15, 0.2) is 0 Å². The lowest BCUT2D eigenvalue weighted by molar-refractivity contribution is -0.128. The normalized spacial score (nSPS) is 14.9. The van der Waals surface area contributed by atoms with E-state index in [0.717, 1.165) is 0 Å². The van der Waals surface area contributed by atoms with Crippen LogP contribution in [-0.4, -0.2) is 18.6 Å². The number of nitrogens with two attached hydrogens (primary N) is 1. The molecular weight excluding hydrogens is 132 g/mol. The Morgan fingerprint density at radius 2 is 2.50 bits per heavy atom. The molecular formula is C6H10N2O2. The molecule has 0 rings (SSSR count). The van der Waals surface area contributed by atoms with Gasteiger partial charge in [-0.2, -0.15) is 5.26 Å². The van der Waals surface area contributed by atoms with Crippen LogP contribution < -0.4 is 5.73 Å². The van der Waals surface area contributed by atoms with Gasteiger partial charge in [-0.3, -0.25) is 4.79 Å². The smallest absolute Gasteiger partial charge is 0.293 e. The van der Waals surface area contributed by atoms with Gasteiger partial charge in [-0.25, -0.2) is 0 Å². The van der Waals surface area contributed by atoms with Gasteiger partial charge in [0.25, 0.3) is 6.47 Å². The standard InChI is InChI=1S/C6H10N2O2/c1-6(8,4-7)2-3-10-5-9/h5H,2-3,8H2,1H3. The van der Waals surface area contributed by atoms with Crippen LogP contribution in [0.2, 0.25) is 0 Å². The van der Waals surface area contributed by atoms with Crippen molar-refractivity contribution in [1.82, 2.24) is 0 Å². The second-order valence-electron chi connectivity index (χ2n) is 2.25. The van der Waals surface area contributed by atoms with Crippen LogP contribution in [0.5, 0.6) is 0 Å². The Labute approximate surface area is 59.6 Å². The Morgan fingerprint density at radius 3 is 2.90 bits per heavy atom. The highest BCUT2D eigenvalue weighted by molar-refractivity contribution is 5.36. The first-order chi connectivity index (χ1) is 4.62. The highest BCUT2D eigenvalue weighted by atomic mass is 16.5. The van der Waals surface area contributed by atoms with E-state index in [9.17, 15) is 4.79 Å². The summed E-state index contributed by atoms with van der Waals surface area (Å²) in [6, 6.07) is 1.88. The maximum absolute atomic E-state index is 9.63. The quantitative estimate of drug-likeness (QED) is 0.435. The molecule has 0 aliphatic heterocycles. The average Bonchev–Trinajstić information content (AvgIpc) is 1.89. The lowest BCUT2D eigenvalue weighted by Gasteiger charge is -2.12. The van der Waals surface area contributed by atoms with Gasteiger partial charge in [0, 0.05) is 6.42 Å². The molecule has 0 aromatic rings. The molecule has 0 aromatic heterocycles. The van der Waals surface area contributed by atoms with E-state index in [4.69, 9.17) is 11.0 Å². The molecule has 0 aliphatic rings. The molecule has 1 unspecified atom stereocenters. The second kappa shape index (κ2) is 3.85. The molecule has 0 spiro atoms. The van der Waals surface area contributed by atoms with Crippen LogP contribution >= 0.6 is 0 Å². The fourth-order valence-electron chi connectivity index (χ4n) is 0.375. The van der Waals surface area contributed by atoms with Crippen LogP contribution in [0, 0.1) is 11.3 Å².